The Labute approximate surface area is 97.6 Å². The average Bonchev–Trinajstić information content (AvgIpc) is 2.18. The molecule has 0 aromatic heterocycles. The van der Waals surface area contributed by atoms with Crippen LogP contribution in [0.4, 0.5) is 0 Å². The van der Waals surface area contributed by atoms with Gasteiger partial charge in [0.2, 0.25) is 0 Å². The highest BCUT2D eigenvalue weighted by atomic mass is 35.5. The van der Waals surface area contributed by atoms with Crippen molar-refractivity contribution in [2.24, 2.45) is 5.73 Å². The number of carbonyl (C=O) groups is 1. The number of hydrogen-bond acceptors (Lipinski definition) is 3. The number of rotatable bonds is 4. The van der Waals surface area contributed by atoms with Gasteiger partial charge in [-0.15, -0.1) is 11.8 Å². The van der Waals surface area contributed by atoms with E-state index in [0.717, 1.165) is 4.90 Å². The largest absolute Gasteiger partial charge is 0.481 e. The first-order valence-electron chi connectivity index (χ1n) is 4.36. The number of thioether (sulfide) groups is 1. The highest BCUT2D eigenvalue weighted by Gasteiger charge is 2.18. The summed E-state index contributed by atoms with van der Waals surface area (Å²) in [4.78, 5) is 11.8. The van der Waals surface area contributed by atoms with Crippen LogP contribution in [0.5, 0.6) is 0 Å². The summed E-state index contributed by atoms with van der Waals surface area (Å²) in [5.41, 5.74) is 6.04. The van der Waals surface area contributed by atoms with E-state index in [1.165, 1.54) is 11.8 Å². The molecule has 0 aliphatic carbocycles. The molecule has 5 heteroatoms. The third kappa shape index (κ3) is 2.87. The minimum absolute atomic E-state index is 0.0737. The molecule has 0 saturated heterocycles. The van der Waals surface area contributed by atoms with Crippen LogP contribution in [-0.2, 0) is 4.79 Å². The number of carboxylic acid groups (broad SMARTS) is 1. The molecule has 3 N–H and O–H groups in total. The Morgan fingerprint density at radius 3 is 2.73 bits per heavy atom. The lowest BCUT2D eigenvalue weighted by atomic mass is 10.00. The van der Waals surface area contributed by atoms with Crippen molar-refractivity contribution in [2.45, 2.75) is 10.8 Å². The van der Waals surface area contributed by atoms with Crippen LogP contribution < -0.4 is 5.73 Å². The summed E-state index contributed by atoms with van der Waals surface area (Å²) in [7, 11) is 0. The fraction of sp³-hybridized carbons (Fsp3) is 0.300. The van der Waals surface area contributed by atoms with E-state index in [9.17, 15) is 4.79 Å². The monoisotopic (exact) mass is 245 g/mol. The molecule has 0 radical (unpaired) electrons. The second-order valence-corrected chi connectivity index (χ2v) is 4.28. The van der Waals surface area contributed by atoms with E-state index in [0.29, 0.717) is 10.6 Å². The van der Waals surface area contributed by atoms with Crippen molar-refractivity contribution in [3.8, 4) is 0 Å². The molecule has 1 atom stereocenters. The van der Waals surface area contributed by atoms with Crippen molar-refractivity contribution < 1.29 is 9.90 Å². The third-order valence-corrected chi connectivity index (χ3v) is 3.33. The van der Waals surface area contributed by atoms with Crippen LogP contribution in [0.3, 0.4) is 0 Å². The molecule has 0 spiro atoms. The lowest BCUT2D eigenvalue weighted by Gasteiger charge is -2.11. The normalized spacial score (nSPS) is 12.5. The number of aliphatic carboxylic acids is 1. The first-order chi connectivity index (χ1) is 7.10. The van der Waals surface area contributed by atoms with Crippen molar-refractivity contribution in [2.75, 3.05) is 12.8 Å². The predicted octanol–water partition coefficient (Wildman–Crippen LogP) is 2.19. The van der Waals surface area contributed by atoms with Crippen molar-refractivity contribution >= 4 is 29.3 Å². The van der Waals surface area contributed by atoms with Gasteiger partial charge in [0.15, 0.2) is 0 Å². The Balaban J connectivity index is 3.05. The van der Waals surface area contributed by atoms with Crippen LogP contribution in [0, 0.1) is 0 Å². The molecule has 0 aliphatic heterocycles. The van der Waals surface area contributed by atoms with Crippen LogP contribution in [0.25, 0.3) is 0 Å². The number of benzene rings is 1. The molecule has 1 rings (SSSR count). The van der Waals surface area contributed by atoms with Crippen molar-refractivity contribution in [1.82, 2.24) is 0 Å². The number of carboxylic acids is 1. The fourth-order valence-electron chi connectivity index (χ4n) is 1.28. The Bertz CT molecular complexity index is 370. The van der Waals surface area contributed by atoms with Gasteiger partial charge in [0.25, 0.3) is 0 Å². The summed E-state index contributed by atoms with van der Waals surface area (Å²) in [5, 5.41) is 9.48. The second kappa shape index (κ2) is 5.39. The van der Waals surface area contributed by atoms with Crippen LogP contribution in [0.15, 0.2) is 23.1 Å². The standard InChI is InChI=1S/C10H12ClNO2S/c1-15-9-3-2-6(4-8(9)11)7(5-12)10(13)14/h2-4,7H,5,12H2,1H3,(H,13,14). The van der Waals surface area contributed by atoms with Crippen molar-refractivity contribution in [3.05, 3.63) is 28.8 Å². The van der Waals surface area contributed by atoms with Crippen molar-refractivity contribution in [3.63, 3.8) is 0 Å². The molecule has 0 bridgehead atoms. The lowest BCUT2D eigenvalue weighted by Crippen LogP contribution is -2.21. The molecule has 82 valence electrons. The second-order valence-electron chi connectivity index (χ2n) is 3.02. The maximum atomic E-state index is 10.9. The molecule has 0 amide bonds. The summed E-state index contributed by atoms with van der Waals surface area (Å²) >= 11 is 7.50. The third-order valence-electron chi connectivity index (χ3n) is 2.11. The van der Waals surface area contributed by atoms with Gasteiger partial charge in [0, 0.05) is 11.4 Å². The highest BCUT2D eigenvalue weighted by molar-refractivity contribution is 7.98. The van der Waals surface area contributed by atoms with E-state index in [4.69, 9.17) is 22.4 Å². The fourth-order valence-corrected chi connectivity index (χ4v) is 2.16. The van der Waals surface area contributed by atoms with Gasteiger partial charge in [-0.25, -0.2) is 0 Å². The Morgan fingerprint density at radius 2 is 2.33 bits per heavy atom. The minimum Gasteiger partial charge on any atom is -0.481 e. The number of halogens is 1. The van der Waals surface area contributed by atoms with E-state index in [-0.39, 0.29) is 6.54 Å². The summed E-state index contributed by atoms with van der Waals surface area (Å²) in [6, 6.07) is 5.23. The molecule has 15 heavy (non-hydrogen) atoms. The van der Waals surface area contributed by atoms with Gasteiger partial charge < -0.3 is 10.8 Å². The first kappa shape index (κ1) is 12.4. The van der Waals surface area contributed by atoms with Crippen molar-refractivity contribution in [1.29, 1.82) is 0 Å². The zero-order valence-electron chi connectivity index (χ0n) is 8.24. The van der Waals surface area contributed by atoms with Crippen LogP contribution >= 0.6 is 23.4 Å². The summed E-state index contributed by atoms with van der Waals surface area (Å²) < 4.78 is 0. The Morgan fingerprint density at radius 1 is 1.67 bits per heavy atom. The molecule has 0 heterocycles. The Hall–Kier alpha value is -0.710. The van der Waals surface area contributed by atoms with Gasteiger partial charge in [0.05, 0.1) is 10.9 Å². The van der Waals surface area contributed by atoms with Gasteiger partial charge in [-0.1, -0.05) is 17.7 Å². The number of nitrogens with two attached hydrogens (primary N) is 1. The van der Waals surface area contributed by atoms with Gasteiger partial charge in [-0.3, -0.25) is 4.79 Å². The van der Waals surface area contributed by atoms with Gasteiger partial charge in [-0.2, -0.15) is 0 Å². The molecule has 1 aromatic rings. The van der Waals surface area contributed by atoms with E-state index in [2.05, 4.69) is 0 Å². The average molecular weight is 246 g/mol. The lowest BCUT2D eigenvalue weighted by molar-refractivity contribution is -0.138. The highest BCUT2D eigenvalue weighted by Crippen LogP contribution is 2.28. The maximum absolute atomic E-state index is 10.9. The molecule has 0 saturated carbocycles. The zero-order chi connectivity index (χ0) is 11.4. The maximum Gasteiger partial charge on any atom is 0.312 e. The van der Waals surface area contributed by atoms with Gasteiger partial charge >= 0.3 is 5.97 Å². The predicted molar refractivity (Wildman–Crippen MR) is 62.7 cm³/mol. The molecular weight excluding hydrogens is 234 g/mol. The summed E-state index contributed by atoms with van der Waals surface area (Å²) in [6.45, 7) is 0.0737. The number of hydrogen-bond donors (Lipinski definition) is 2. The van der Waals surface area contributed by atoms with E-state index in [1.807, 2.05) is 12.3 Å². The van der Waals surface area contributed by atoms with Crippen LogP contribution in [-0.4, -0.2) is 23.9 Å². The molecular formula is C10H12ClNO2S. The van der Waals surface area contributed by atoms with Crippen LogP contribution in [0.1, 0.15) is 11.5 Å². The molecule has 0 fully saturated rings. The van der Waals surface area contributed by atoms with E-state index >= 15 is 0 Å². The quantitative estimate of drug-likeness (QED) is 0.799. The van der Waals surface area contributed by atoms with Gasteiger partial charge in [0.1, 0.15) is 0 Å². The molecule has 1 aromatic carbocycles. The van der Waals surface area contributed by atoms with E-state index < -0.39 is 11.9 Å². The molecule has 3 nitrogen and oxygen atoms in total. The smallest absolute Gasteiger partial charge is 0.312 e. The zero-order valence-corrected chi connectivity index (χ0v) is 9.81. The topological polar surface area (TPSA) is 63.3 Å². The SMILES string of the molecule is CSc1ccc(C(CN)C(=O)O)cc1Cl. The van der Waals surface area contributed by atoms with Gasteiger partial charge in [-0.05, 0) is 24.0 Å². The molecule has 1 unspecified atom stereocenters. The summed E-state index contributed by atoms with van der Waals surface area (Å²) in [6.07, 6.45) is 1.92. The summed E-state index contributed by atoms with van der Waals surface area (Å²) in [5.74, 6) is -1.61. The first-order valence-corrected chi connectivity index (χ1v) is 5.96. The van der Waals surface area contributed by atoms with E-state index in [1.54, 1.807) is 12.1 Å². The minimum atomic E-state index is -0.925. The molecule has 0 aliphatic rings. The van der Waals surface area contributed by atoms with Crippen LogP contribution in [0.2, 0.25) is 5.02 Å². The Kier molecular flexibility index (Phi) is 4.45.